The molecule has 244 valence electrons. The van der Waals surface area contributed by atoms with Gasteiger partial charge >= 0.3 is 12.3 Å². The summed E-state index contributed by atoms with van der Waals surface area (Å²) in [7, 11) is 0. The lowest BCUT2D eigenvalue weighted by Crippen LogP contribution is -2.50. The number of hydrogen-bond donors (Lipinski definition) is 1. The van der Waals surface area contributed by atoms with E-state index < -0.39 is 47.6 Å². The maximum Gasteiger partial charge on any atom is 0.418 e. The number of rotatable bonds is 6. The number of nitrogens with zero attached hydrogens (tertiary/aromatic N) is 4. The predicted octanol–water partition coefficient (Wildman–Crippen LogP) is 6.83. The van der Waals surface area contributed by atoms with Crippen LogP contribution in [0.3, 0.4) is 0 Å². The van der Waals surface area contributed by atoms with Gasteiger partial charge < -0.3 is 24.6 Å². The van der Waals surface area contributed by atoms with Crippen molar-refractivity contribution in [3.63, 3.8) is 0 Å². The van der Waals surface area contributed by atoms with Gasteiger partial charge in [-0.3, -0.25) is 9.20 Å². The largest absolute Gasteiger partial charge is 0.485 e. The molecule has 2 aromatic carbocycles. The van der Waals surface area contributed by atoms with Crippen LogP contribution in [0.4, 0.5) is 38.1 Å². The van der Waals surface area contributed by atoms with Gasteiger partial charge in [-0.2, -0.15) is 13.2 Å². The van der Waals surface area contributed by atoms with Gasteiger partial charge in [0.15, 0.2) is 11.4 Å². The second kappa shape index (κ2) is 12.5. The number of amides is 2. The van der Waals surface area contributed by atoms with Crippen LogP contribution < -0.4 is 15.0 Å². The van der Waals surface area contributed by atoms with E-state index in [9.17, 15) is 31.5 Å². The highest BCUT2D eigenvalue weighted by Gasteiger charge is 2.37. The molecule has 0 spiro atoms. The highest BCUT2D eigenvalue weighted by Crippen LogP contribution is 2.39. The maximum absolute atomic E-state index is 14.2. The number of benzene rings is 2. The monoisotopic (exact) mass is 645 g/mol. The Morgan fingerprint density at radius 1 is 0.957 bits per heavy atom. The van der Waals surface area contributed by atoms with Crippen LogP contribution in [0.5, 0.6) is 5.75 Å². The molecule has 1 aliphatic rings. The fourth-order valence-corrected chi connectivity index (χ4v) is 5.13. The lowest BCUT2D eigenvalue weighted by atomic mass is 10.1. The quantitative estimate of drug-likeness (QED) is 0.232. The van der Waals surface area contributed by atoms with E-state index in [4.69, 9.17) is 9.47 Å². The summed E-state index contributed by atoms with van der Waals surface area (Å²) in [6.45, 7) is 6.99. The highest BCUT2D eigenvalue weighted by molar-refractivity contribution is 6.04. The molecule has 0 aliphatic carbocycles. The van der Waals surface area contributed by atoms with Crippen molar-refractivity contribution in [1.29, 1.82) is 0 Å². The van der Waals surface area contributed by atoms with Gasteiger partial charge in [0.2, 0.25) is 0 Å². The van der Waals surface area contributed by atoms with E-state index in [-0.39, 0.29) is 65.9 Å². The first kappa shape index (κ1) is 32.5. The number of nitrogens with one attached hydrogen (secondary N) is 1. The molecule has 2 amide bonds. The summed E-state index contributed by atoms with van der Waals surface area (Å²) in [5.74, 6) is -2.14. The van der Waals surface area contributed by atoms with Gasteiger partial charge in [0.1, 0.15) is 29.5 Å². The summed E-state index contributed by atoms with van der Waals surface area (Å²) in [4.78, 5) is 33.1. The molecule has 2 aromatic heterocycles. The van der Waals surface area contributed by atoms with Crippen molar-refractivity contribution in [2.45, 2.75) is 46.1 Å². The molecule has 1 N–H and O–H groups in total. The average molecular weight is 646 g/mol. The topological polar surface area (TPSA) is 88.4 Å². The Hall–Kier alpha value is -4.88. The number of aromatic nitrogens is 2. The molecule has 3 heterocycles. The first-order valence-electron chi connectivity index (χ1n) is 14.4. The van der Waals surface area contributed by atoms with Crippen LogP contribution in [-0.4, -0.2) is 58.1 Å². The van der Waals surface area contributed by atoms with Gasteiger partial charge in [0.05, 0.1) is 16.8 Å². The Kier molecular flexibility index (Phi) is 8.83. The first-order chi connectivity index (χ1) is 21.6. The lowest BCUT2D eigenvalue weighted by Gasteiger charge is -2.37. The van der Waals surface area contributed by atoms with Crippen molar-refractivity contribution in [3.05, 3.63) is 88.9 Å². The molecule has 5 rings (SSSR count). The fourth-order valence-electron chi connectivity index (χ4n) is 5.13. The standard InChI is InChI=1S/C32H32F5N5O4/c1-19-27(42-12-6-9-26(28(42)38-19)45-18-21-23(33)7-5-8-24(21)34)29(43)39-20-10-11-25(22(17-20)32(35,36)37)40-13-15-41(16-14-40)30(44)46-31(2,3)4/h5-12,17H,13-16,18H2,1-4H3,(H,39,43). The minimum absolute atomic E-state index is 0.0356. The number of fused-ring (bicyclic) bond motifs is 1. The summed E-state index contributed by atoms with van der Waals surface area (Å²) >= 11 is 0. The average Bonchev–Trinajstić information content (AvgIpc) is 3.32. The number of alkyl halides is 3. The number of anilines is 2. The SMILES string of the molecule is Cc1nc2c(OCc3c(F)cccc3F)cccn2c1C(=O)Nc1ccc(N2CCN(C(=O)OC(C)(C)C)CC2)c(C(F)(F)F)c1. The Labute approximate surface area is 261 Å². The minimum Gasteiger partial charge on any atom is -0.485 e. The molecule has 14 heteroatoms. The van der Waals surface area contributed by atoms with Crippen LogP contribution in [0.25, 0.3) is 5.65 Å². The summed E-state index contributed by atoms with van der Waals surface area (Å²) < 4.78 is 83.3. The maximum atomic E-state index is 14.2. The molecule has 4 aromatic rings. The molecule has 1 aliphatic heterocycles. The number of aryl methyl sites for hydroxylation is 1. The number of carbonyl (C=O) groups is 2. The van der Waals surface area contributed by atoms with E-state index in [0.717, 1.165) is 18.2 Å². The second-order valence-corrected chi connectivity index (χ2v) is 11.7. The van der Waals surface area contributed by atoms with E-state index in [1.54, 1.807) is 32.6 Å². The van der Waals surface area contributed by atoms with Gasteiger partial charge in [-0.1, -0.05) is 6.07 Å². The Balaban J connectivity index is 1.34. The number of pyridine rings is 1. The van der Waals surface area contributed by atoms with Crippen LogP contribution in [0.1, 0.15) is 48.1 Å². The zero-order chi connectivity index (χ0) is 33.4. The van der Waals surface area contributed by atoms with Crippen molar-refractivity contribution < 1.29 is 41.0 Å². The zero-order valence-electron chi connectivity index (χ0n) is 25.5. The van der Waals surface area contributed by atoms with E-state index in [1.165, 1.54) is 45.8 Å². The van der Waals surface area contributed by atoms with Crippen molar-refractivity contribution >= 4 is 29.0 Å². The number of halogens is 5. The summed E-state index contributed by atoms with van der Waals surface area (Å²) in [5.41, 5.74) is -1.62. The summed E-state index contributed by atoms with van der Waals surface area (Å²) in [6, 6.07) is 10.0. The molecule has 1 fully saturated rings. The second-order valence-electron chi connectivity index (χ2n) is 11.7. The van der Waals surface area contributed by atoms with Crippen molar-refractivity contribution in [1.82, 2.24) is 14.3 Å². The van der Waals surface area contributed by atoms with E-state index in [0.29, 0.717) is 0 Å². The molecular formula is C32H32F5N5O4. The summed E-state index contributed by atoms with van der Waals surface area (Å²) in [5, 5.41) is 2.53. The van der Waals surface area contributed by atoms with Crippen molar-refractivity contribution in [2.24, 2.45) is 0 Å². The van der Waals surface area contributed by atoms with Gasteiger partial charge in [-0.15, -0.1) is 0 Å². The van der Waals surface area contributed by atoms with Gasteiger partial charge in [0.25, 0.3) is 5.91 Å². The van der Waals surface area contributed by atoms with Crippen LogP contribution in [0.15, 0.2) is 54.7 Å². The number of hydrogen-bond acceptors (Lipinski definition) is 6. The number of carbonyl (C=O) groups excluding carboxylic acids is 2. The van der Waals surface area contributed by atoms with E-state index in [1.807, 2.05) is 0 Å². The zero-order valence-corrected chi connectivity index (χ0v) is 25.5. The summed E-state index contributed by atoms with van der Waals surface area (Å²) in [6.07, 6.45) is -3.75. The van der Waals surface area contributed by atoms with E-state index in [2.05, 4.69) is 10.3 Å². The van der Waals surface area contributed by atoms with Gasteiger partial charge in [-0.05, 0) is 70.2 Å². The first-order valence-corrected chi connectivity index (χ1v) is 14.4. The van der Waals surface area contributed by atoms with Crippen LogP contribution in [-0.2, 0) is 17.5 Å². The predicted molar refractivity (Wildman–Crippen MR) is 160 cm³/mol. The third-order valence-electron chi connectivity index (χ3n) is 7.27. The number of imidazole rings is 1. The van der Waals surface area contributed by atoms with Gasteiger partial charge in [0, 0.05) is 43.8 Å². The molecular weight excluding hydrogens is 613 g/mol. The smallest absolute Gasteiger partial charge is 0.418 e. The van der Waals surface area contributed by atoms with Crippen LogP contribution >= 0.6 is 0 Å². The minimum atomic E-state index is -4.73. The Bertz CT molecular complexity index is 1760. The molecule has 1 saturated heterocycles. The molecule has 9 nitrogen and oxygen atoms in total. The molecule has 0 atom stereocenters. The van der Waals surface area contributed by atoms with Gasteiger partial charge in [-0.25, -0.2) is 18.6 Å². The lowest BCUT2D eigenvalue weighted by molar-refractivity contribution is -0.137. The molecule has 0 unspecified atom stereocenters. The van der Waals surface area contributed by atoms with Crippen LogP contribution in [0.2, 0.25) is 0 Å². The van der Waals surface area contributed by atoms with E-state index >= 15 is 0 Å². The number of piperazine rings is 1. The molecule has 46 heavy (non-hydrogen) atoms. The Morgan fingerprint density at radius 2 is 1.63 bits per heavy atom. The van der Waals surface area contributed by atoms with Crippen molar-refractivity contribution in [3.8, 4) is 5.75 Å². The fraction of sp³-hybridized carbons (Fsp3) is 0.344. The van der Waals surface area contributed by atoms with Crippen LogP contribution in [0, 0.1) is 18.6 Å². The highest BCUT2D eigenvalue weighted by atomic mass is 19.4. The van der Waals surface area contributed by atoms with Crippen molar-refractivity contribution in [2.75, 3.05) is 36.4 Å². The molecule has 0 bridgehead atoms. The Morgan fingerprint density at radius 3 is 2.26 bits per heavy atom. The third kappa shape index (κ3) is 7.00. The molecule has 0 saturated carbocycles. The third-order valence-corrected chi connectivity index (χ3v) is 7.27. The number of ether oxygens (including phenoxy) is 2. The molecule has 0 radical (unpaired) electrons. The normalized spacial score (nSPS) is 14.0.